The molecule has 0 N–H and O–H groups in total. The first kappa shape index (κ1) is 21.5. The van der Waals surface area contributed by atoms with Crippen molar-refractivity contribution in [1.29, 1.82) is 0 Å². The Morgan fingerprint density at radius 2 is 1.05 bits per heavy atom. The van der Waals surface area contributed by atoms with Crippen LogP contribution in [0.2, 0.25) is 0 Å². The summed E-state index contributed by atoms with van der Waals surface area (Å²) in [5.41, 5.74) is 5.46. The van der Waals surface area contributed by atoms with Crippen molar-refractivity contribution < 1.29 is 0 Å². The Morgan fingerprint density at radius 3 is 1.79 bits per heavy atom. The molecule has 0 aliphatic carbocycles. The van der Waals surface area contributed by atoms with Crippen molar-refractivity contribution in [2.45, 2.75) is 6.92 Å². The number of fused-ring (bicyclic) bond motifs is 9. The second-order valence-corrected chi connectivity index (χ2v) is 10.9. The van der Waals surface area contributed by atoms with Crippen LogP contribution in [0, 0.1) is 6.92 Å². The molecule has 3 heteroatoms. The summed E-state index contributed by atoms with van der Waals surface area (Å²) in [5.74, 6) is 0.776. The molecule has 0 aliphatic heterocycles. The second-order valence-electron chi connectivity index (χ2n) is 9.84. The van der Waals surface area contributed by atoms with E-state index in [1.54, 1.807) is 11.3 Å². The van der Waals surface area contributed by atoms with Gasteiger partial charge in [-0.15, -0.1) is 11.3 Å². The van der Waals surface area contributed by atoms with Crippen LogP contribution in [0.15, 0.2) is 115 Å². The molecule has 178 valence electrons. The minimum atomic E-state index is 0.776. The number of rotatable bonds is 2. The van der Waals surface area contributed by atoms with Gasteiger partial charge in [-0.25, -0.2) is 9.97 Å². The monoisotopic (exact) mass is 502 g/mol. The lowest BCUT2D eigenvalue weighted by atomic mass is 9.92. The molecule has 0 fully saturated rings. The summed E-state index contributed by atoms with van der Waals surface area (Å²) >= 11 is 1.77. The normalized spacial score (nSPS) is 11.8. The van der Waals surface area contributed by atoms with Crippen molar-refractivity contribution in [2.75, 3.05) is 0 Å². The highest BCUT2D eigenvalue weighted by molar-refractivity contribution is 7.25. The molecule has 8 aromatic rings. The molecule has 0 radical (unpaired) electrons. The van der Waals surface area contributed by atoms with E-state index in [0.29, 0.717) is 0 Å². The molecule has 0 bridgehead atoms. The molecule has 0 atom stereocenters. The molecule has 2 nitrogen and oxygen atoms in total. The van der Waals surface area contributed by atoms with Gasteiger partial charge < -0.3 is 0 Å². The topological polar surface area (TPSA) is 25.8 Å². The van der Waals surface area contributed by atoms with Gasteiger partial charge >= 0.3 is 0 Å². The molecule has 0 aliphatic rings. The smallest absolute Gasteiger partial charge is 0.160 e. The van der Waals surface area contributed by atoms with E-state index in [9.17, 15) is 0 Å². The molecule has 2 heterocycles. The quantitative estimate of drug-likeness (QED) is 0.220. The first-order valence-corrected chi connectivity index (χ1v) is 13.7. The SMILES string of the molecule is Cc1nc(-c2cccc(-c3ccc4c5ccccc5c5ccccc5c4c3)c2)nc2c1sc1ccccc12. The van der Waals surface area contributed by atoms with E-state index in [-0.39, 0.29) is 0 Å². The van der Waals surface area contributed by atoms with Gasteiger partial charge in [-0.05, 0) is 68.6 Å². The van der Waals surface area contributed by atoms with Gasteiger partial charge in [0.1, 0.15) is 0 Å². The van der Waals surface area contributed by atoms with Crippen molar-refractivity contribution in [1.82, 2.24) is 9.97 Å². The Labute approximate surface area is 223 Å². The van der Waals surface area contributed by atoms with Gasteiger partial charge in [-0.3, -0.25) is 0 Å². The first-order valence-electron chi connectivity index (χ1n) is 12.8. The zero-order valence-electron chi connectivity index (χ0n) is 20.8. The highest BCUT2D eigenvalue weighted by atomic mass is 32.1. The van der Waals surface area contributed by atoms with E-state index in [4.69, 9.17) is 9.97 Å². The standard InChI is InChI=1S/C35H22N2S/c1-21-34-33(30-15-6-7-16-32(30)38-34)37-35(36-21)24-10-8-9-22(19-24)23-17-18-29-27-13-3-2-11-25(27)26-12-4-5-14-28(26)31(29)20-23/h2-20H,1H3. The van der Waals surface area contributed by atoms with Crippen LogP contribution in [-0.4, -0.2) is 9.97 Å². The molecule has 0 saturated carbocycles. The van der Waals surface area contributed by atoms with Gasteiger partial charge in [0.05, 0.1) is 15.9 Å². The largest absolute Gasteiger partial charge is 0.232 e. The van der Waals surface area contributed by atoms with Crippen LogP contribution < -0.4 is 0 Å². The van der Waals surface area contributed by atoms with E-state index in [0.717, 1.165) is 28.2 Å². The first-order chi connectivity index (χ1) is 18.7. The minimum Gasteiger partial charge on any atom is -0.232 e. The summed E-state index contributed by atoms with van der Waals surface area (Å²) < 4.78 is 2.42. The molecule has 8 rings (SSSR count). The van der Waals surface area contributed by atoms with Crippen LogP contribution >= 0.6 is 11.3 Å². The van der Waals surface area contributed by atoms with Crippen molar-refractivity contribution >= 4 is 64.0 Å². The highest BCUT2D eigenvalue weighted by Gasteiger charge is 2.14. The van der Waals surface area contributed by atoms with E-state index in [1.165, 1.54) is 52.7 Å². The fourth-order valence-corrected chi connectivity index (χ4v) is 6.87. The van der Waals surface area contributed by atoms with E-state index >= 15 is 0 Å². The van der Waals surface area contributed by atoms with E-state index < -0.39 is 0 Å². The van der Waals surface area contributed by atoms with Crippen molar-refractivity contribution in [3.63, 3.8) is 0 Å². The van der Waals surface area contributed by atoms with Gasteiger partial charge in [0.2, 0.25) is 0 Å². The maximum absolute atomic E-state index is 5.05. The van der Waals surface area contributed by atoms with Crippen LogP contribution in [0.4, 0.5) is 0 Å². The fourth-order valence-electron chi connectivity index (χ4n) is 5.78. The van der Waals surface area contributed by atoms with Gasteiger partial charge in [-0.1, -0.05) is 97.1 Å². The fraction of sp³-hybridized carbons (Fsp3) is 0.0286. The third-order valence-electron chi connectivity index (χ3n) is 7.59. The van der Waals surface area contributed by atoms with Crippen LogP contribution in [0.25, 0.3) is 75.1 Å². The number of aromatic nitrogens is 2. The average Bonchev–Trinajstić information content (AvgIpc) is 3.37. The van der Waals surface area contributed by atoms with Gasteiger partial charge in [-0.2, -0.15) is 0 Å². The lowest BCUT2D eigenvalue weighted by Crippen LogP contribution is -1.93. The second kappa shape index (κ2) is 8.20. The number of aryl methyl sites for hydroxylation is 1. The Balaban J connectivity index is 1.32. The molecule has 6 aromatic carbocycles. The summed E-state index contributed by atoms with van der Waals surface area (Å²) in [6, 6.07) is 41.4. The van der Waals surface area contributed by atoms with E-state index in [2.05, 4.69) is 122 Å². The maximum Gasteiger partial charge on any atom is 0.160 e. The van der Waals surface area contributed by atoms with Crippen LogP contribution in [-0.2, 0) is 0 Å². The number of nitrogens with zero attached hydrogens (tertiary/aromatic N) is 2. The predicted octanol–water partition coefficient (Wildman–Crippen LogP) is 9.95. The van der Waals surface area contributed by atoms with Gasteiger partial charge in [0.25, 0.3) is 0 Å². The van der Waals surface area contributed by atoms with Crippen LogP contribution in [0.3, 0.4) is 0 Å². The summed E-state index contributed by atoms with van der Waals surface area (Å²) in [6.45, 7) is 2.09. The molecule has 0 amide bonds. The van der Waals surface area contributed by atoms with Crippen molar-refractivity contribution in [3.05, 3.63) is 121 Å². The number of hydrogen-bond donors (Lipinski definition) is 0. The Kier molecular flexibility index (Phi) is 4.64. The van der Waals surface area contributed by atoms with Crippen molar-refractivity contribution in [2.24, 2.45) is 0 Å². The molecule has 2 aromatic heterocycles. The minimum absolute atomic E-state index is 0.776. The third kappa shape index (κ3) is 3.19. The molecule has 0 unspecified atom stereocenters. The summed E-state index contributed by atoms with van der Waals surface area (Å²) in [4.78, 5) is 9.98. The zero-order valence-corrected chi connectivity index (χ0v) is 21.6. The lowest BCUT2D eigenvalue weighted by Gasteiger charge is -2.12. The van der Waals surface area contributed by atoms with Crippen molar-refractivity contribution in [3.8, 4) is 22.5 Å². The maximum atomic E-state index is 5.05. The molecule has 0 saturated heterocycles. The van der Waals surface area contributed by atoms with Crippen LogP contribution in [0.5, 0.6) is 0 Å². The third-order valence-corrected chi connectivity index (χ3v) is 8.86. The average molecular weight is 503 g/mol. The summed E-state index contributed by atoms with van der Waals surface area (Å²) in [5, 5.41) is 8.93. The molecular formula is C35H22N2S. The Morgan fingerprint density at radius 1 is 0.474 bits per heavy atom. The molecular weight excluding hydrogens is 480 g/mol. The summed E-state index contributed by atoms with van der Waals surface area (Å²) in [7, 11) is 0. The highest BCUT2D eigenvalue weighted by Crippen LogP contribution is 2.38. The van der Waals surface area contributed by atoms with Gasteiger partial charge in [0, 0.05) is 15.6 Å². The Bertz CT molecular complexity index is 2170. The molecule has 38 heavy (non-hydrogen) atoms. The Hall–Kier alpha value is -4.60. The molecule has 0 spiro atoms. The zero-order chi connectivity index (χ0) is 25.2. The number of hydrogen-bond acceptors (Lipinski definition) is 3. The van der Waals surface area contributed by atoms with Crippen LogP contribution in [0.1, 0.15) is 5.69 Å². The predicted molar refractivity (Wildman–Crippen MR) is 163 cm³/mol. The van der Waals surface area contributed by atoms with E-state index in [1.807, 2.05) is 0 Å². The number of benzene rings is 6. The number of thiophene rings is 1. The lowest BCUT2D eigenvalue weighted by molar-refractivity contribution is 1.17. The summed E-state index contributed by atoms with van der Waals surface area (Å²) in [6.07, 6.45) is 0. The van der Waals surface area contributed by atoms with Gasteiger partial charge in [0.15, 0.2) is 5.82 Å².